The van der Waals surface area contributed by atoms with Crippen LogP contribution in [0.1, 0.15) is 37.4 Å². The van der Waals surface area contributed by atoms with Gasteiger partial charge in [0, 0.05) is 26.2 Å². The van der Waals surface area contributed by atoms with Crippen LogP contribution >= 0.6 is 12.2 Å². The van der Waals surface area contributed by atoms with Crippen molar-refractivity contribution in [2.75, 3.05) is 40.4 Å². The fourth-order valence-corrected chi connectivity index (χ4v) is 3.46. The Hall–Kier alpha value is -2.22. The van der Waals surface area contributed by atoms with Crippen molar-refractivity contribution in [3.63, 3.8) is 0 Å². The van der Waals surface area contributed by atoms with Gasteiger partial charge in [0.15, 0.2) is 16.6 Å². The van der Waals surface area contributed by atoms with E-state index in [-0.39, 0.29) is 12.1 Å². The van der Waals surface area contributed by atoms with Crippen LogP contribution in [0.3, 0.4) is 0 Å². The summed E-state index contributed by atoms with van der Waals surface area (Å²) in [5, 5.41) is 9.88. The average molecular weight is 395 g/mol. The Kier molecular flexibility index (Phi) is 7.97. The van der Waals surface area contributed by atoms with Gasteiger partial charge in [-0.3, -0.25) is 0 Å². The lowest BCUT2D eigenvalue weighted by atomic mass is 9.92. The van der Waals surface area contributed by atoms with Crippen molar-refractivity contribution in [2.24, 2.45) is 0 Å². The molecule has 2 rings (SSSR count). The SMILES string of the molecule is CCCNC(=O)N1CCc2cc(OC)c(OC)cc2[C@@H]1CNC(=S)NCC. The Morgan fingerprint density at radius 3 is 2.52 bits per heavy atom. The Bertz CT molecular complexity index is 669. The molecule has 7 nitrogen and oxygen atoms in total. The molecule has 0 bridgehead atoms. The van der Waals surface area contributed by atoms with E-state index in [1.54, 1.807) is 14.2 Å². The molecule has 1 aromatic carbocycles. The maximum absolute atomic E-state index is 12.7. The summed E-state index contributed by atoms with van der Waals surface area (Å²) >= 11 is 5.30. The fourth-order valence-electron chi connectivity index (χ4n) is 3.24. The molecule has 0 aliphatic carbocycles. The van der Waals surface area contributed by atoms with E-state index in [4.69, 9.17) is 21.7 Å². The molecule has 150 valence electrons. The van der Waals surface area contributed by atoms with Gasteiger partial charge in [-0.1, -0.05) is 6.92 Å². The third-order valence-electron chi connectivity index (χ3n) is 4.58. The summed E-state index contributed by atoms with van der Waals surface area (Å²) in [6.45, 7) is 6.59. The van der Waals surface area contributed by atoms with Crippen LogP contribution in [0.2, 0.25) is 0 Å². The van der Waals surface area contributed by atoms with Gasteiger partial charge in [-0.05, 0) is 55.2 Å². The van der Waals surface area contributed by atoms with Gasteiger partial charge in [0.2, 0.25) is 0 Å². The van der Waals surface area contributed by atoms with Gasteiger partial charge in [-0.25, -0.2) is 4.79 Å². The van der Waals surface area contributed by atoms with E-state index >= 15 is 0 Å². The highest BCUT2D eigenvalue weighted by Crippen LogP contribution is 2.37. The topological polar surface area (TPSA) is 74.9 Å². The summed E-state index contributed by atoms with van der Waals surface area (Å²) in [7, 11) is 3.25. The van der Waals surface area contributed by atoms with Gasteiger partial charge in [-0.15, -0.1) is 0 Å². The van der Waals surface area contributed by atoms with Gasteiger partial charge in [0.1, 0.15) is 0 Å². The third-order valence-corrected chi connectivity index (χ3v) is 4.87. The summed E-state index contributed by atoms with van der Waals surface area (Å²) in [4.78, 5) is 14.6. The molecule has 0 saturated heterocycles. The first kappa shape index (κ1) is 21.1. The second-order valence-corrected chi connectivity index (χ2v) is 6.75. The lowest BCUT2D eigenvalue weighted by molar-refractivity contribution is 0.169. The quantitative estimate of drug-likeness (QED) is 0.616. The molecule has 1 aliphatic heterocycles. The van der Waals surface area contributed by atoms with Gasteiger partial charge in [-0.2, -0.15) is 0 Å². The number of rotatable bonds is 7. The molecule has 3 N–H and O–H groups in total. The van der Waals surface area contributed by atoms with E-state index in [0.29, 0.717) is 36.2 Å². The Labute approximate surface area is 166 Å². The molecule has 27 heavy (non-hydrogen) atoms. The molecule has 1 heterocycles. The molecular weight excluding hydrogens is 364 g/mol. The average Bonchev–Trinajstić information content (AvgIpc) is 2.68. The number of carbonyl (C=O) groups excluding carboxylic acids is 1. The largest absolute Gasteiger partial charge is 0.493 e. The summed E-state index contributed by atoms with van der Waals surface area (Å²) in [6, 6.07) is 3.77. The summed E-state index contributed by atoms with van der Waals surface area (Å²) in [6.07, 6.45) is 1.66. The number of benzene rings is 1. The predicted octanol–water partition coefficient (Wildman–Crippen LogP) is 2.21. The molecule has 0 unspecified atom stereocenters. The number of urea groups is 1. The highest BCUT2D eigenvalue weighted by Gasteiger charge is 2.32. The zero-order valence-corrected chi connectivity index (χ0v) is 17.4. The van der Waals surface area contributed by atoms with Crippen LogP contribution in [0.15, 0.2) is 12.1 Å². The van der Waals surface area contributed by atoms with Crippen LogP contribution in [0, 0.1) is 0 Å². The van der Waals surface area contributed by atoms with Crippen LogP contribution in [-0.2, 0) is 6.42 Å². The maximum atomic E-state index is 12.7. The number of amides is 2. The lowest BCUT2D eigenvalue weighted by Gasteiger charge is -2.38. The summed E-state index contributed by atoms with van der Waals surface area (Å²) < 4.78 is 10.9. The molecule has 1 atom stereocenters. The van der Waals surface area contributed by atoms with Crippen molar-refractivity contribution in [1.29, 1.82) is 0 Å². The smallest absolute Gasteiger partial charge is 0.317 e. The van der Waals surface area contributed by atoms with Crippen molar-refractivity contribution >= 4 is 23.4 Å². The maximum Gasteiger partial charge on any atom is 0.317 e. The number of hydrogen-bond acceptors (Lipinski definition) is 4. The molecule has 2 amide bonds. The molecule has 0 radical (unpaired) electrons. The van der Waals surface area contributed by atoms with Crippen molar-refractivity contribution in [3.8, 4) is 11.5 Å². The van der Waals surface area contributed by atoms with Gasteiger partial charge in [0.05, 0.1) is 20.3 Å². The molecule has 0 fully saturated rings. The normalized spacial score (nSPS) is 15.6. The number of thiocarbonyl (C=S) groups is 1. The fraction of sp³-hybridized carbons (Fsp3) is 0.579. The van der Waals surface area contributed by atoms with E-state index in [9.17, 15) is 4.79 Å². The van der Waals surface area contributed by atoms with E-state index < -0.39 is 0 Å². The van der Waals surface area contributed by atoms with Gasteiger partial charge in [0.25, 0.3) is 0 Å². The second-order valence-electron chi connectivity index (χ2n) is 6.34. The predicted molar refractivity (Wildman–Crippen MR) is 111 cm³/mol. The third kappa shape index (κ3) is 5.15. The molecule has 1 aliphatic rings. The number of nitrogens with zero attached hydrogens (tertiary/aromatic N) is 1. The van der Waals surface area contributed by atoms with Crippen molar-refractivity contribution in [2.45, 2.75) is 32.7 Å². The van der Waals surface area contributed by atoms with Crippen LogP contribution in [0.5, 0.6) is 11.5 Å². The lowest BCUT2D eigenvalue weighted by Crippen LogP contribution is -2.50. The van der Waals surface area contributed by atoms with Gasteiger partial charge >= 0.3 is 6.03 Å². The van der Waals surface area contributed by atoms with E-state index in [1.165, 1.54) is 0 Å². The van der Waals surface area contributed by atoms with Crippen molar-refractivity contribution in [1.82, 2.24) is 20.9 Å². The van der Waals surface area contributed by atoms with Gasteiger partial charge < -0.3 is 30.3 Å². The highest BCUT2D eigenvalue weighted by atomic mass is 32.1. The minimum absolute atomic E-state index is 0.0570. The number of carbonyl (C=O) groups is 1. The van der Waals surface area contributed by atoms with E-state index in [0.717, 1.165) is 30.5 Å². The minimum atomic E-state index is -0.151. The second kappa shape index (κ2) is 10.2. The number of ether oxygens (including phenoxy) is 2. The number of methoxy groups -OCH3 is 2. The number of fused-ring (bicyclic) bond motifs is 1. The number of hydrogen-bond donors (Lipinski definition) is 3. The van der Waals surface area contributed by atoms with Crippen LogP contribution in [0.25, 0.3) is 0 Å². The van der Waals surface area contributed by atoms with E-state index in [1.807, 2.05) is 30.9 Å². The van der Waals surface area contributed by atoms with Crippen LogP contribution in [-0.4, -0.2) is 56.4 Å². The van der Waals surface area contributed by atoms with Crippen molar-refractivity contribution < 1.29 is 14.3 Å². The Morgan fingerprint density at radius 2 is 1.89 bits per heavy atom. The molecule has 0 aromatic heterocycles. The molecular formula is C19H30N4O3S. The highest BCUT2D eigenvalue weighted by molar-refractivity contribution is 7.80. The minimum Gasteiger partial charge on any atom is -0.493 e. The first-order valence-electron chi connectivity index (χ1n) is 9.36. The molecule has 8 heteroatoms. The Balaban J connectivity index is 2.32. The number of nitrogens with one attached hydrogen (secondary N) is 3. The molecule has 0 spiro atoms. The molecule has 1 aromatic rings. The standard InChI is InChI=1S/C19H30N4O3S/c1-5-8-21-19(24)23-9-7-13-10-16(25-3)17(26-4)11-14(13)15(23)12-22-18(27)20-6-2/h10-11,15H,5-9,12H2,1-4H3,(H,21,24)(H2,20,22,27)/t15-/m0/s1. The van der Waals surface area contributed by atoms with Crippen LogP contribution in [0.4, 0.5) is 4.79 Å². The van der Waals surface area contributed by atoms with E-state index in [2.05, 4.69) is 16.0 Å². The zero-order valence-electron chi connectivity index (χ0n) is 16.6. The summed E-state index contributed by atoms with van der Waals surface area (Å²) in [5.41, 5.74) is 2.21. The zero-order chi connectivity index (χ0) is 19.8. The molecule has 0 saturated carbocycles. The monoisotopic (exact) mass is 394 g/mol. The first-order chi connectivity index (χ1) is 13.0. The van der Waals surface area contributed by atoms with Crippen LogP contribution < -0.4 is 25.4 Å². The summed E-state index contributed by atoms with van der Waals surface area (Å²) in [5.74, 6) is 1.36. The Morgan fingerprint density at radius 1 is 1.19 bits per heavy atom. The first-order valence-corrected chi connectivity index (χ1v) is 9.77. The van der Waals surface area contributed by atoms with Crippen molar-refractivity contribution in [3.05, 3.63) is 23.3 Å².